The summed E-state index contributed by atoms with van der Waals surface area (Å²) in [5.41, 5.74) is 15.5. The molecule has 444 valence electrons. The molecule has 23 heteroatoms. The first kappa shape index (κ1) is 53.6. The molecule has 23 nitrogen and oxygen atoms in total. The third-order valence-corrected chi connectivity index (χ3v) is 21.7. The maximum atomic E-state index is 14.4. The van der Waals surface area contributed by atoms with E-state index in [-0.39, 0.29) is 105 Å². The van der Waals surface area contributed by atoms with Crippen LogP contribution in [0, 0.1) is 5.92 Å². The molecule has 17 fully saturated rings. The third kappa shape index (κ3) is 8.63. The van der Waals surface area contributed by atoms with Crippen molar-refractivity contribution >= 4 is 5.97 Å². The predicted molar refractivity (Wildman–Crippen MR) is 267 cm³/mol. The van der Waals surface area contributed by atoms with Crippen LogP contribution in [0.5, 0.6) is 0 Å². The molecule has 0 aliphatic carbocycles. The van der Waals surface area contributed by atoms with E-state index >= 15 is 0 Å². The van der Waals surface area contributed by atoms with Crippen LogP contribution in [0.15, 0.2) is 24.3 Å². The van der Waals surface area contributed by atoms with E-state index in [1.165, 1.54) is 0 Å². The van der Waals surface area contributed by atoms with Crippen molar-refractivity contribution in [1.82, 2.24) is 0 Å². The molecule has 17 aliphatic rings. The molecular weight excluding hydrogens is 1050 g/mol. The summed E-state index contributed by atoms with van der Waals surface area (Å²) in [5, 5.41) is 43.9. The SMILES string of the molecule is C=C1C[C@@H]2CC[C@]34O[C@H]5[C@H]6O[C@H](CC[C@@H]6OC6[C@H]5OC(O)([C@H]3O)[C@H]6O4)CC(=O)O[C@@H]3CC4OC5C[C@]6(C[C@@H]7O[C@@]8(CC[C@@H]7O6)C[C@H](N)[C@@H]6O[C@@H]7[C@@H]([C@@H](O)CO)CO[C@@H]7C[C@@H]6O8)O[C@@H]5C[C@@H]4O[C@H]3C[C@H]3O[C@@H](CC[C@@H]1O2)C[C@@H](N)C3=C. The minimum absolute atomic E-state index is 0.0497. The summed E-state index contributed by atoms with van der Waals surface area (Å²) in [6, 6.07) is -0.703. The number of carbonyl (C=O) groups excluding carboxylic acids is 1. The van der Waals surface area contributed by atoms with Gasteiger partial charge < -0.3 is 108 Å². The number of fused-ring (bicyclic) bond motifs is 11. The van der Waals surface area contributed by atoms with E-state index in [0.29, 0.717) is 109 Å². The summed E-state index contributed by atoms with van der Waals surface area (Å²) >= 11 is 0. The Hall–Kier alpha value is -1.89. The second kappa shape index (κ2) is 19.6. The zero-order valence-electron chi connectivity index (χ0n) is 45.1. The van der Waals surface area contributed by atoms with Crippen molar-refractivity contribution in [2.24, 2.45) is 17.4 Å². The highest BCUT2D eigenvalue weighted by molar-refractivity contribution is 5.70. The largest absolute Gasteiger partial charge is 0.459 e. The Balaban J connectivity index is 0.619. The average molecular weight is 1130 g/mol. The van der Waals surface area contributed by atoms with Crippen LogP contribution in [0.2, 0.25) is 0 Å². The van der Waals surface area contributed by atoms with Gasteiger partial charge in [-0.05, 0) is 62.5 Å². The highest BCUT2D eigenvalue weighted by Gasteiger charge is 2.79. The lowest BCUT2D eigenvalue weighted by molar-refractivity contribution is -0.356. The summed E-state index contributed by atoms with van der Waals surface area (Å²) in [6.45, 7) is 8.77. The van der Waals surface area contributed by atoms with Crippen molar-refractivity contribution in [3.63, 3.8) is 0 Å². The predicted octanol–water partition coefficient (Wildman–Crippen LogP) is 0.371. The van der Waals surface area contributed by atoms with Gasteiger partial charge in [0, 0.05) is 75.8 Å². The molecule has 8 N–H and O–H groups in total. The molecule has 0 amide bonds. The molecule has 12 bridgehead atoms. The van der Waals surface area contributed by atoms with Crippen LogP contribution in [0.25, 0.3) is 0 Å². The minimum atomic E-state index is -2.04. The summed E-state index contributed by atoms with van der Waals surface area (Å²) in [7, 11) is 0. The van der Waals surface area contributed by atoms with Crippen molar-refractivity contribution in [2.75, 3.05) is 13.2 Å². The van der Waals surface area contributed by atoms with E-state index in [9.17, 15) is 25.2 Å². The van der Waals surface area contributed by atoms with Crippen molar-refractivity contribution < 1.29 is 101 Å². The third-order valence-electron chi connectivity index (χ3n) is 21.7. The van der Waals surface area contributed by atoms with Gasteiger partial charge in [0.15, 0.2) is 17.7 Å². The van der Waals surface area contributed by atoms with Gasteiger partial charge in [0.1, 0.15) is 36.6 Å². The van der Waals surface area contributed by atoms with Gasteiger partial charge in [0.05, 0.1) is 130 Å². The Bertz CT molecular complexity index is 2450. The van der Waals surface area contributed by atoms with Crippen LogP contribution in [0.4, 0.5) is 0 Å². The maximum absolute atomic E-state index is 14.4. The van der Waals surface area contributed by atoms with Crippen molar-refractivity contribution in [3.05, 3.63) is 24.3 Å². The van der Waals surface area contributed by atoms with Gasteiger partial charge in [0.25, 0.3) is 0 Å². The van der Waals surface area contributed by atoms with Gasteiger partial charge in [-0.1, -0.05) is 13.2 Å². The second-order valence-electron chi connectivity index (χ2n) is 26.7. The number of nitrogens with two attached hydrogens (primary N) is 2. The highest BCUT2D eigenvalue weighted by atomic mass is 16.8. The summed E-state index contributed by atoms with van der Waals surface area (Å²) in [5.74, 6) is -6.32. The van der Waals surface area contributed by atoms with Gasteiger partial charge in [0.2, 0.25) is 11.6 Å². The van der Waals surface area contributed by atoms with Gasteiger partial charge in [-0.15, -0.1) is 0 Å². The van der Waals surface area contributed by atoms with Crippen LogP contribution in [-0.2, 0) is 80.6 Å². The van der Waals surface area contributed by atoms with E-state index < -0.39 is 115 Å². The molecular formula is C57H80N2O21. The van der Waals surface area contributed by atoms with Crippen LogP contribution >= 0.6 is 0 Å². The fraction of sp³-hybridized carbons (Fsp3) is 0.912. The van der Waals surface area contributed by atoms with Crippen molar-refractivity contribution in [3.8, 4) is 0 Å². The lowest BCUT2D eigenvalue weighted by atomic mass is 9.82. The number of hydrogen-bond acceptors (Lipinski definition) is 23. The standard InChI is InChI=1S/C57H80N2O21/c1-23-11-27-7-10-56-53(63)57(64)52(80-56)51-50(79-57)49(78-56)48-34(72-51)6-4-26(68-48)13-45(62)71-39-15-37-38(69-36(39)14-35-24(2)29(58)12-25(67-35)3-5-32(23)66-27)16-40-43(70-37)19-55(75-40)20-44-33(74-55)8-9-54(77-44)18-30(59)47-42(76-54)17-41-46(73-47)28(22-65-41)31(61)21-60/h25-44,46-53,60-61,63-64H,1-22,58-59H2/t25-,26+,27-,28+,29+,30-,31-,32-,33-,34-,35+,36-,37?,38-,39+,40+,41+,42-,43?,44-,46+,47-,48-,49-,50-,51?,52-,53-,54-,55+,56+,57?/m0/s1. The van der Waals surface area contributed by atoms with Crippen molar-refractivity contribution in [2.45, 2.75) is 303 Å². The molecule has 0 aromatic carbocycles. The zero-order chi connectivity index (χ0) is 54.4. The molecule has 17 saturated heterocycles. The van der Waals surface area contributed by atoms with Crippen LogP contribution in [0.3, 0.4) is 0 Å². The molecule has 0 aromatic heterocycles. The van der Waals surface area contributed by atoms with Crippen LogP contribution in [0.1, 0.15) is 116 Å². The number of rotatable bonds is 2. The van der Waals surface area contributed by atoms with Crippen molar-refractivity contribution in [1.29, 1.82) is 0 Å². The Morgan fingerprint density at radius 1 is 0.562 bits per heavy atom. The fourth-order valence-corrected chi connectivity index (χ4v) is 17.8. The molecule has 17 aliphatic heterocycles. The number of carbonyl (C=O) groups is 1. The first-order valence-electron chi connectivity index (χ1n) is 30.2. The second-order valence-corrected chi connectivity index (χ2v) is 26.7. The number of ether oxygens (including phenoxy) is 16. The number of esters is 1. The zero-order valence-corrected chi connectivity index (χ0v) is 45.1. The first-order chi connectivity index (χ1) is 38.5. The molecule has 80 heavy (non-hydrogen) atoms. The lowest BCUT2D eigenvalue weighted by Crippen LogP contribution is -2.65. The van der Waals surface area contributed by atoms with Crippen LogP contribution in [-0.4, -0.2) is 227 Å². The average Bonchev–Trinajstić information content (AvgIpc) is 4.36. The molecule has 32 atom stereocenters. The minimum Gasteiger partial charge on any atom is -0.459 e. The molecule has 0 radical (unpaired) electrons. The fourth-order valence-electron chi connectivity index (χ4n) is 17.8. The summed E-state index contributed by atoms with van der Waals surface area (Å²) in [6.07, 6.45) is -4.43. The number of aliphatic hydroxyl groups is 4. The smallest absolute Gasteiger partial charge is 0.308 e. The van der Waals surface area contributed by atoms with Gasteiger partial charge in [-0.2, -0.15) is 0 Å². The first-order valence-corrected chi connectivity index (χ1v) is 30.2. The molecule has 3 spiro atoms. The topological polar surface area (TPSA) is 298 Å². The van der Waals surface area contributed by atoms with Gasteiger partial charge >= 0.3 is 5.97 Å². The molecule has 0 aromatic rings. The highest BCUT2D eigenvalue weighted by Crippen LogP contribution is 2.59. The van der Waals surface area contributed by atoms with E-state index in [0.717, 1.165) is 11.1 Å². The Kier molecular flexibility index (Phi) is 13.1. The monoisotopic (exact) mass is 1130 g/mol. The van der Waals surface area contributed by atoms with E-state index in [4.69, 9.17) is 87.3 Å². The maximum Gasteiger partial charge on any atom is 0.308 e. The van der Waals surface area contributed by atoms with E-state index in [1.54, 1.807) is 0 Å². The Morgan fingerprint density at radius 2 is 1.29 bits per heavy atom. The number of aliphatic hydroxyl groups excluding tert-OH is 3. The van der Waals surface area contributed by atoms with E-state index in [2.05, 4.69) is 13.2 Å². The molecule has 17 heterocycles. The summed E-state index contributed by atoms with van der Waals surface area (Å²) < 4.78 is 107. The molecule has 17 rings (SSSR count). The quantitative estimate of drug-likeness (QED) is 0.161. The normalized spacial score (nSPS) is 58.9. The van der Waals surface area contributed by atoms with E-state index in [1.807, 2.05) is 0 Å². The van der Waals surface area contributed by atoms with Gasteiger partial charge in [-0.25, -0.2) is 0 Å². The lowest BCUT2D eigenvalue weighted by Gasteiger charge is -2.53. The molecule has 0 saturated carbocycles. The summed E-state index contributed by atoms with van der Waals surface area (Å²) in [4.78, 5) is 14.4. The Morgan fingerprint density at radius 3 is 2.15 bits per heavy atom. The van der Waals surface area contributed by atoms with Crippen LogP contribution < -0.4 is 11.5 Å². The molecule has 4 unspecified atom stereocenters. The Labute approximate surface area is 464 Å². The van der Waals surface area contributed by atoms with Gasteiger partial charge in [-0.3, -0.25) is 4.79 Å². The number of hydrogen-bond donors (Lipinski definition) is 6.